The maximum atomic E-state index is 13.0. The van der Waals surface area contributed by atoms with Crippen molar-refractivity contribution in [1.82, 2.24) is 0 Å². The Hall–Kier alpha value is -3.05. The van der Waals surface area contributed by atoms with Crippen molar-refractivity contribution in [1.29, 1.82) is 0 Å². The first-order valence-corrected chi connectivity index (χ1v) is 8.63. The molecule has 0 saturated heterocycles. The monoisotopic (exact) mass is 384 g/mol. The van der Waals surface area contributed by atoms with Crippen LogP contribution in [0.15, 0.2) is 71.8 Å². The Bertz CT molecular complexity index is 930. The van der Waals surface area contributed by atoms with Crippen LogP contribution in [0.4, 0.5) is 10.1 Å². The predicted molar refractivity (Wildman–Crippen MR) is 106 cm³/mol. The number of hydrazone groups is 1. The van der Waals surface area contributed by atoms with Gasteiger partial charge in [0, 0.05) is 16.1 Å². The summed E-state index contributed by atoms with van der Waals surface area (Å²) in [5.41, 5.74) is 5.13. The molecule has 4 nitrogen and oxygen atoms in total. The third-order valence-electron chi connectivity index (χ3n) is 3.80. The second kappa shape index (κ2) is 9.05. The van der Waals surface area contributed by atoms with Crippen molar-refractivity contribution in [3.8, 4) is 11.5 Å². The number of nitrogens with one attached hydrogen (secondary N) is 1. The Morgan fingerprint density at radius 3 is 2.56 bits per heavy atom. The molecule has 3 aromatic carbocycles. The van der Waals surface area contributed by atoms with Crippen molar-refractivity contribution in [3.63, 3.8) is 0 Å². The molecule has 0 aromatic heterocycles. The molecule has 0 atom stereocenters. The quantitative estimate of drug-likeness (QED) is 0.431. The average Bonchev–Trinajstić information content (AvgIpc) is 2.69. The number of rotatable bonds is 7. The van der Waals surface area contributed by atoms with E-state index >= 15 is 0 Å². The summed E-state index contributed by atoms with van der Waals surface area (Å²) in [6, 6.07) is 18.9. The fourth-order valence-corrected chi connectivity index (χ4v) is 2.61. The normalized spacial score (nSPS) is 10.8. The highest BCUT2D eigenvalue weighted by Gasteiger charge is 2.10. The molecule has 3 aromatic rings. The van der Waals surface area contributed by atoms with Crippen LogP contribution in [0.5, 0.6) is 11.5 Å². The summed E-state index contributed by atoms with van der Waals surface area (Å²) in [5, 5.41) is 4.83. The molecular weight excluding hydrogens is 367 g/mol. The van der Waals surface area contributed by atoms with Crippen molar-refractivity contribution < 1.29 is 13.9 Å². The van der Waals surface area contributed by atoms with E-state index < -0.39 is 0 Å². The van der Waals surface area contributed by atoms with Gasteiger partial charge in [-0.2, -0.15) is 5.10 Å². The lowest BCUT2D eigenvalue weighted by Crippen LogP contribution is -2.02. The molecule has 1 N–H and O–H groups in total. The van der Waals surface area contributed by atoms with E-state index in [0.29, 0.717) is 28.8 Å². The molecule has 27 heavy (non-hydrogen) atoms. The van der Waals surface area contributed by atoms with Crippen LogP contribution in [0, 0.1) is 5.82 Å². The van der Waals surface area contributed by atoms with E-state index in [-0.39, 0.29) is 5.82 Å². The molecule has 0 fully saturated rings. The minimum absolute atomic E-state index is 0.298. The summed E-state index contributed by atoms with van der Waals surface area (Å²) < 4.78 is 24.3. The van der Waals surface area contributed by atoms with Crippen molar-refractivity contribution in [2.24, 2.45) is 5.10 Å². The zero-order valence-corrected chi connectivity index (χ0v) is 15.4. The van der Waals surface area contributed by atoms with Crippen LogP contribution in [0.1, 0.15) is 11.1 Å². The minimum Gasteiger partial charge on any atom is -0.493 e. The van der Waals surface area contributed by atoms with E-state index in [0.717, 1.165) is 11.1 Å². The third kappa shape index (κ3) is 4.99. The van der Waals surface area contributed by atoms with Gasteiger partial charge < -0.3 is 9.47 Å². The summed E-state index contributed by atoms with van der Waals surface area (Å²) >= 11 is 6.19. The van der Waals surface area contributed by atoms with Gasteiger partial charge in [-0.1, -0.05) is 35.9 Å². The Morgan fingerprint density at radius 2 is 1.81 bits per heavy atom. The largest absolute Gasteiger partial charge is 0.493 e. The maximum absolute atomic E-state index is 13.0. The van der Waals surface area contributed by atoms with Gasteiger partial charge in [0.25, 0.3) is 0 Å². The van der Waals surface area contributed by atoms with Crippen LogP contribution in [0.3, 0.4) is 0 Å². The number of hydrogen-bond acceptors (Lipinski definition) is 4. The number of methoxy groups -OCH3 is 1. The van der Waals surface area contributed by atoms with E-state index in [1.807, 2.05) is 42.5 Å². The molecule has 3 rings (SSSR count). The van der Waals surface area contributed by atoms with Crippen molar-refractivity contribution in [2.45, 2.75) is 6.61 Å². The van der Waals surface area contributed by atoms with Crippen LogP contribution < -0.4 is 14.9 Å². The fraction of sp³-hybridized carbons (Fsp3) is 0.0952. The highest BCUT2D eigenvalue weighted by molar-refractivity contribution is 6.31. The SMILES string of the molecule is COc1cccc(C=NNc2ccc(F)cc2)c1OCc1ccccc1Cl. The molecule has 0 bridgehead atoms. The Balaban J connectivity index is 1.77. The Morgan fingerprint density at radius 1 is 1.04 bits per heavy atom. The molecule has 0 unspecified atom stereocenters. The van der Waals surface area contributed by atoms with E-state index in [1.165, 1.54) is 12.1 Å². The van der Waals surface area contributed by atoms with Gasteiger partial charge in [-0.15, -0.1) is 0 Å². The fourth-order valence-electron chi connectivity index (χ4n) is 2.42. The van der Waals surface area contributed by atoms with Gasteiger partial charge >= 0.3 is 0 Å². The van der Waals surface area contributed by atoms with Gasteiger partial charge in [0.2, 0.25) is 0 Å². The first-order valence-electron chi connectivity index (χ1n) is 8.25. The Labute approximate surface area is 162 Å². The van der Waals surface area contributed by atoms with Crippen LogP contribution in [0.2, 0.25) is 5.02 Å². The number of para-hydroxylation sites is 1. The van der Waals surface area contributed by atoms with Crippen LogP contribution in [-0.4, -0.2) is 13.3 Å². The third-order valence-corrected chi connectivity index (χ3v) is 4.17. The first-order chi connectivity index (χ1) is 13.2. The zero-order chi connectivity index (χ0) is 19.1. The van der Waals surface area contributed by atoms with Gasteiger partial charge in [0.15, 0.2) is 11.5 Å². The maximum Gasteiger partial charge on any atom is 0.170 e. The van der Waals surface area contributed by atoms with E-state index in [1.54, 1.807) is 25.5 Å². The zero-order valence-electron chi connectivity index (χ0n) is 14.7. The molecular formula is C21H18ClFN2O2. The lowest BCUT2D eigenvalue weighted by atomic mass is 10.2. The molecule has 0 radical (unpaired) electrons. The van der Waals surface area contributed by atoms with Crippen molar-refractivity contribution in [2.75, 3.05) is 12.5 Å². The molecule has 0 aliphatic rings. The smallest absolute Gasteiger partial charge is 0.170 e. The lowest BCUT2D eigenvalue weighted by molar-refractivity contribution is 0.284. The number of benzene rings is 3. The second-order valence-corrected chi connectivity index (χ2v) is 6.04. The standard InChI is InChI=1S/C21H18ClFN2O2/c1-26-20-8-4-6-15(13-24-25-18-11-9-17(23)10-12-18)21(20)27-14-16-5-2-3-7-19(16)22/h2-13,25H,14H2,1H3. The van der Waals surface area contributed by atoms with E-state index in [2.05, 4.69) is 10.5 Å². The molecule has 0 spiro atoms. The van der Waals surface area contributed by atoms with Gasteiger partial charge in [-0.25, -0.2) is 4.39 Å². The van der Waals surface area contributed by atoms with Crippen molar-refractivity contribution >= 4 is 23.5 Å². The summed E-state index contributed by atoms with van der Waals surface area (Å²) in [7, 11) is 1.58. The molecule has 0 saturated carbocycles. The molecule has 0 amide bonds. The highest BCUT2D eigenvalue weighted by atomic mass is 35.5. The summed E-state index contributed by atoms with van der Waals surface area (Å²) in [6.07, 6.45) is 1.62. The molecule has 0 aliphatic carbocycles. The molecule has 0 heterocycles. The van der Waals surface area contributed by atoms with Gasteiger partial charge in [0.05, 0.1) is 19.0 Å². The minimum atomic E-state index is -0.299. The van der Waals surface area contributed by atoms with Gasteiger partial charge in [-0.3, -0.25) is 5.43 Å². The van der Waals surface area contributed by atoms with Crippen LogP contribution in [0.25, 0.3) is 0 Å². The van der Waals surface area contributed by atoms with Crippen molar-refractivity contribution in [3.05, 3.63) is 88.7 Å². The summed E-state index contributed by atoms with van der Waals surface area (Å²) in [4.78, 5) is 0. The van der Waals surface area contributed by atoms with Gasteiger partial charge in [-0.05, 0) is 42.5 Å². The topological polar surface area (TPSA) is 42.8 Å². The summed E-state index contributed by atoms with van der Waals surface area (Å²) in [6.45, 7) is 0.298. The van der Waals surface area contributed by atoms with E-state index in [9.17, 15) is 4.39 Å². The number of hydrogen-bond donors (Lipinski definition) is 1. The number of anilines is 1. The van der Waals surface area contributed by atoms with Crippen LogP contribution >= 0.6 is 11.6 Å². The molecule has 6 heteroatoms. The molecule has 0 aliphatic heterocycles. The average molecular weight is 385 g/mol. The first kappa shape index (κ1) is 18.7. The lowest BCUT2D eigenvalue weighted by Gasteiger charge is -2.14. The predicted octanol–water partition coefficient (Wildman–Crippen LogP) is 5.51. The van der Waals surface area contributed by atoms with Crippen LogP contribution in [-0.2, 0) is 6.61 Å². The second-order valence-electron chi connectivity index (χ2n) is 5.64. The Kier molecular flexibility index (Phi) is 6.28. The number of ether oxygens (including phenoxy) is 2. The molecule has 138 valence electrons. The van der Waals surface area contributed by atoms with Gasteiger partial charge in [0.1, 0.15) is 12.4 Å². The highest BCUT2D eigenvalue weighted by Crippen LogP contribution is 2.31. The summed E-state index contributed by atoms with van der Waals surface area (Å²) in [5.74, 6) is 0.852. The number of halogens is 2. The van der Waals surface area contributed by atoms with E-state index in [4.69, 9.17) is 21.1 Å². The number of nitrogens with zero attached hydrogens (tertiary/aromatic N) is 1.